The first-order valence-electron chi connectivity index (χ1n) is 7.21. The number of primary sulfonamides is 1. The summed E-state index contributed by atoms with van der Waals surface area (Å²) < 4.78 is 28.2. The number of benzene rings is 1. The van der Waals surface area contributed by atoms with Gasteiger partial charge in [0.1, 0.15) is 5.75 Å². The third kappa shape index (κ3) is 5.92. The van der Waals surface area contributed by atoms with Crippen LogP contribution in [0.4, 0.5) is 0 Å². The highest BCUT2D eigenvalue weighted by Gasteiger charge is 2.11. The first-order chi connectivity index (χ1) is 9.45. The SMILES string of the molecule is CCCCCCCCOc1ccc(S(N)(=O)=O)c(C)c1. The van der Waals surface area contributed by atoms with Gasteiger partial charge in [0.15, 0.2) is 0 Å². The van der Waals surface area contributed by atoms with Crippen LogP contribution in [0.1, 0.15) is 51.0 Å². The van der Waals surface area contributed by atoms with Crippen LogP contribution in [0.15, 0.2) is 23.1 Å². The molecule has 20 heavy (non-hydrogen) atoms. The van der Waals surface area contributed by atoms with Crippen molar-refractivity contribution in [2.75, 3.05) is 6.61 Å². The van der Waals surface area contributed by atoms with E-state index < -0.39 is 10.0 Å². The predicted octanol–water partition coefficient (Wildman–Crippen LogP) is 3.38. The summed E-state index contributed by atoms with van der Waals surface area (Å²) in [6.45, 7) is 4.59. The summed E-state index contributed by atoms with van der Waals surface area (Å²) in [5.41, 5.74) is 0.618. The summed E-state index contributed by atoms with van der Waals surface area (Å²) in [6, 6.07) is 4.88. The molecule has 1 rings (SSSR count). The van der Waals surface area contributed by atoms with Gasteiger partial charge in [-0.05, 0) is 37.1 Å². The van der Waals surface area contributed by atoms with Crippen molar-refractivity contribution in [2.24, 2.45) is 5.14 Å². The molecular weight excluding hydrogens is 274 g/mol. The molecule has 0 aliphatic carbocycles. The van der Waals surface area contributed by atoms with Gasteiger partial charge in [-0.2, -0.15) is 0 Å². The molecule has 0 aliphatic heterocycles. The lowest BCUT2D eigenvalue weighted by molar-refractivity contribution is 0.304. The second-order valence-electron chi connectivity index (χ2n) is 5.09. The van der Waals surface area contributed by atoms with Crippen molar-refractivity contribution >= 4 is 10.0 Å². The molecule has 1 aromatic rings. The Morgan fingerprint density at radius 2 is 1.75 bits per heavy atom. The van der Waals surface area contributed by atoms with Gasteiger partial charge in [0, 0.05) is 0 Å². The number of nitrogens with two attached hydrogens (primary N) is 1. The fourth-order valence-electron chi connectivity index (χ4n) is 2.10. The lowest BCUT2D eigenvalue weighted by atomic mass is 10.1. The number of rotatable bonds is 9. The monoisotopic (exact) mass is 299 g/mol. The molecule has 4 nitrogen and oxygen atoms in total. The van der Waals surface area contributed by atoms with Crippen molar-refractivity contribution in [3.05, 3.63) is 23.8 Å². The third-order valence-corrected chi connectivity index (χ3v) is 4.29. The van der Waals surface area contributed by atoms with Gasteiger partial charge in [-0.3, -0.25) is 0 Å². The highest BCUT2D eigenvalue weighted by Crippen LogP contribution is 2.20. The van der Waals surface area contributed by atoms with Crippen molar-refractivity contribution in [3.8, 4) is 5.75 Å². The minimum Gasteiger partial charge on any atom is -0.494 e. The highest BCUT2D eigenvalue weighted by atomic mass is 32.2. The summed E-state index contributed by atoms with van der Waals surface area (Å²) in [4.78, 5) is 0.157. The lowest BCUT2D eigenvalue weighted by Gasteiger charge is -2.09. The number of hydrogen-bond acceptors (Lipinski definition) is 3. The van der Waals surface area contributed by atoms with Gasteiger partial charge in [0.05, 0.1) is 11.5 Å². The van der Waals surface area contributed by atoms with Gasteiger partial charge in [-0.1, -0.05) is 39.0 Å². The van der Waals surface area contributed by atoms with E-state index >= 15 is 0 Å². The topological polar surface area (TPSA) is 69.4 Å². The van der Waals surface area contributed by atoms with E-state index in [4.69, 9.17) is 9.88 Å². The quantitative estimate of drug-likeness (QED) is 0.711. The minimum absolute atomic E-state index is 0.157. The van der Waals surface area contributed by atoms with Crippen molar-refractivity contribution < 1.29 is 13.2 Å². The van der Waals surface area contributed by atoms with Crippen LogP contribution in [0, 0.1) is 6.92 Å². The van der Waals surface area contributed by atoms with Crippen molar-refractivity contribution in [2.45, 2.75) is 57.3 Å². The Balaban J connectivity index is 2.37. The predicted molar refractivity (Wildman–Crippen MR) is 81.4 cm³/mol. The summed E-state index contributed by atoms with van der Waals surface area (Å²) >= 11 is 0. The molecule has 0 aliphatic rings. The second kappa shape index (κ2) is 8.27. The first kappa shape index (κ1) is 17.0. The number of ether oxygens (including phenoxy) is 1. The average molecular weight is 299 g/mol. The Kier molecular flexibility index (Phi) is 7.02. The molecule has 0 radical (unpaired) electrons. The van der Waals surface area contributed by atoms with Crippen LogP contribution in [-0.4, -0.2) is 15.0 Å². The van der Waals surface area contributed by atoms with Gasteiger partial charge < -0.3 is 4.74 Å². The van der Waals surface area contributed by atoms with E-state index in [1.54, 1.807) is 19.1 Å². The molecule has 0 fully saturated rings. The molecule has 0 amide bonds. The maximum atomic E-state index is 11.3. The third-order valence-electron chi connectivity index (χ3n) is 3.22. The summed E-state index contributed by atoms with van der Waals surface area (Å²) in [5, 5.41) is 5.12. The van der Waals surface area contributed by atoms with E-state index in [-0.39, 0.29) is 4.90 Å². The summed E-state index contributed by atoms with van der Waals surface area (Å²) in [5.74, 6) is 0.698. The molecule has 0 saturated carbocycles. The molecule has 0 saturated heterocycles. The van der Waals surface area contributed by atoms with Gasteiger partial charge in [-0.25, -0.2) is 13.6 Å². The molecule has 0 bridgehead atoms. The molecule has 1 aromatic carbocycles. The largest absolute Gasteiger partial charge is 0.494 e. The van der Waals surface area contributed by atoms with E-state index in [0.29, 0.717) is 17.9 Å². The van der Waals surface area contributed by atoms with Crippen molar-refractivity contribution in [1.82, 2.24) is 0 Å². The van der Waals surface area contributed by atoms with Crippen LogP contribution >= 0.6 is 0 Å². The Labute approximate surface area is 122 Å². The normalized spacial score (nSPS) is 11.6. The fourth-order valence-corrected chi connectivity index (χ4v) is 2.87. The first-order valence-corrected chi connectivity index (χ1v) is 8.76. The standard InChI is InChI=1S/C15H25NO3S/c1-3-4-5-6-7-8-11-19-14-9-10-15(13(2)12-14)20(16,17)18/h9-10,12H,3-8,11H2,1-2H3,(H2,16,17,18). The average Bonchev–Trinajstić information content (AvgIpc) is 2.36. The molecule has 5 heteroatoms. The maximum Gasteiger partial charge on any atom is 0.238 e. The van der Waals surface area contributed by atoms with Crippen molar-refractivity contribution in [3.63, 3.8) is 0 Å². The van der Waals surface area contributed by atoms with E-state index in [1.165, 1.54) is 38.2 Å². The zero-order chi connectivity index (χ0) is 15.0. The summed E-state index contributed by atoms with van der Waals surface area (Å²) in [7, 11) is -3.64. The van der Waals surface area contributed by atoms with Gasteiger partial charge in [0.2, 0.25) is 10.0 Å². The maximum absolute atomic E-state index is 11.3. The van der Waals surface area contributed by atoms with Gasteiger partial charge in [-0.15, -0.1) is 0 Å². The number of unbranched alkanes of at least 4 members (excludes halogenated alkanes) is 5. The Morgan fingerprint density at radius 1 is 1.10 bits per heavy atom. The van der Waals surface area contributed by atoms with E-state index in [1.807, 2.05) is 0 Å². The van der Waals surface area contributed by atoms with Crippen LogP contribution in [0.25, 0.3) is 0 Å². The van der Waals surface area contributed by atoms with Crippen LogP contribution in [0.3, 0.4) is 0 Å². The number of aryl methyl sites for hydroxylation is 1. The summed E-state index contributed by atoms with van der Waals surface area (Å²) in [6.07, 6.45) is 7.30. The Hall–Kier alpha value is -1.07. The molecule has 0 unspecified atom stereocenters. The highest BCUT2D eigenvalue weighted by molar-refractivity contribution is 7.89. The van der Waals surface area contributed by atoms with E-state index in [0.717, 1.165) is 6.42 Å². The van der Waals surface area contributed by atoms with E-state index in [2.05, 4.69) is 6.92 Å². The van der Waals surface area contributed by atoms with Crippen LogP contribution < -0.4 is 9.88 Å². The number of sulfonamides is 1. The number of hydrogen-bond donors (Lipinski definition) is 1. The van der Waals surface area contributed by atoms with Crippen LogP contribution in [0.2, 0.25) is 0 Å². The fraction of sp³-hybridized carbons (Fsp3) is 0.600. The molecule has 0 aromatic heterocycles. The molecule has 2 N–H and O–H groups in total. The Morgan fingerprint density at radius 3 is 2.35 bits per heavy atom. The minimum atomic E-state index is -3.64. The van der Waals surface area contributed by atoms with Crippen LogP contribution in [-0.2, 0) is 10.0 Å². The molecule has 114 valence electrons. The molecule has 0 heterocycles. The van der Waals surface area contributed by atoms with Crippen LogP contribution in [0.5, 0.6) is 5.75 Å². The van der Waals surface area contributed by atoms with Gasteiger partial charge in [0.25, 0.3) is 0 Å². The zero-order valence-electron chi connectivity index (χ0n) is 12.4. The zero-order valence-corrected chi connectivity index (χ0v) is 13.2. The lowest BCUT2D eigenvalue weighted by Crippen LogP contribution is -2.13. The van der Waals surface area contributed by atoms with Gasteiger partial charge >= 0.3 is 0 Å². The van der Waals surface area contributed by atoms with E-state index in [9.17, 15) is 8.42 Å². The molecule has 0 atom stereocenters. The smallest absolute Gasteiger partial charge is 0.238 e. The molecule has 0 spiro atoms. The van der Waals surface area contributed by atoms with Crippen molar-refractivity contribution in [1.29, 1.82) is 0 Å². The molecular formula is C15H25NO3S. The Bertz CT molecular complexity index is 512. The second-order valence-corrected chi connectivity index (χ2v) is 6.62.